The van der Waals surface area contributed by atoms with Gasteiger partial charge >= 0.3 is 0 Å². The topological polar surface area (TPSA) is 138 Å². The highest BCUT2D eigenvalue weighted by atomic mass is 35.5. The number of aromatic amines is 1. The highest BCUT2D eigenvalue weighted by Gasteiger charge is 2.17. The van der Waals surface area contributed by atoms with Gasteiger partial charge in [0.1, 0.15) is 0 Å². The predicted octanol–water partition coefficient (Wildman–Crippen LogP) is 2.16. The molecule has 0 aliphatic carbocycles. The summed E-state index contributed by atoms with van der Waals surface area (Å²) in [5, 5.41) is 26.9. The van der Waals surface area contributed by atoms with Crippen molar-refractivity contribution < 1.29 is 5.11 Å². The van der Waals surface area contributed by atoms with Gasteiger partial charge in [-0.15, -0.1) is 5.10 Å². The molecule has 2 aromatic heterocycles. The first kappa shape index (κ1) is 17.2. The number of anilines is 4. The summed E-state index contributed by atoms with van der Waals surface area (Å²) >= 11 is 5.95. The Morgan fingerprint density at radius 3 is 2.76 bits per heavy atom. The van der Waals surface area contributed by atoms with Crippen molar-refractivity contribution in [2.75, 3.05) is 23.0 Å². The molecule has 0 spiro atoms. The number of rotatable bonds is 6. The van der Waals surface area contributed by atoms with E-state index in [0.717, 1.165) is 0 Å². The summed E-state index contributed by atoms with van der Waals surface area (Å²) in [7, 11) is 0. The highest BCUT2D eigenvalue weighted by Crippen LogP contribution is 2.27. The fraction of sp³-hybridized carbons (Fsp3) is 0.333. The summed E-state index contributed by atoms with van der Waals surface area (Å²) in [6.07, 6.45) is 0. The lowest BCUT2D eigenvalue weighted by atomic mass is 10.1. The van der Waals surface area contributed by atoms with Crippen molar-refractivity contribution in [1.82, 2.24) is 25.4 Å². The minimum absolute atomic E-state index is 0.0334. The molecule has 0 bridgehead atoms. The number of nitrogens with zero attached hydrogens (tertiary/aromatic N) is 4. The Balaban J connectivity index is 1.95. The number of aliphatic hydroxyl groups is 1. The van der Waals surface area contributed by atoms with Gasteiger partial charge in [-0.3, -0.25) is 0 Å². The zero-order valence-corrected chi connectivity index (χ0v) is 14.5. The van der Waals surface area contributed by atoms with Crippen molar-refractivity contribution in [2.45, 2.75) is 19.9 Å². The third-order valence-electron chi connectivity index (χ3n) is 3.76. The molecule has 0 fully saturated rings. The summed E-state index contributed by atoms with van der Waals surface area (Å²) in [5.74, 6) is 1.01. The fourth-order valence-corrected chi connectivity index (χ4v) is 2.36. The normalized spacial score (nSPS) is 12.5. The number of H-pyrrole nitrogens is 1. The zero-order valence-electron chi connectivity index (χ0n) is 13.8. The average molecular weight is 363 g/mol. The number of aliphatic hydroxyl groups excluding tert-OH is 1. The van der Waals surface area contributed by atoms with Gasteiger partial charge in [-0.1, -0.05) is 25.4 Å². The molecule has 2 heterocycles. The van der Waals surface area contributed by atoms with Crippen LogP contribution in [0.3, 0.4) is 0 Å². The molecule has 1 unspecified atom stereocenters. The van der Waals surface area contributed by atoms with E-state index in [2.05, 4.69) is 36.0 Å². The Morgan fingerprint density at radius 2 is 2.08 bits per heavy atom. The van der Waals surface area contributed by atoms with E-state index in [-0.39, 0.29) is 18.6 Å². The zero-order chi connectivity index (χ0) is 18.0. The van der Waals surface area contributed by atoms with E-state index >= 15 is 0 Å². The lowest BCUT2D eigenvalue weighted by Gasteiger charge is -2.20. The number of benzene rings is 1. The molecule has 0 radical (unpaired) electrons. The number of nitrogen functional groups attached to an aromatic ring is 1. The Kier molecular flexibility index (Phi) is 4.86. The van der Waals surface area contributed by atoms with Crippen molar-refractivity contribution in [3.8, 4) is 0 Å². The Labute approximate surface area is 149 Å². The van der Waals surface area contributed by atoms with Crippen LogP contribution in [0.2, 0.25) is 5.02 Å². The van der Waals surface area contributed by atoms with E-state index in [0.29, 0.717) is 39.3 Å². The van der Waals surface area contributed by atoms with Crippen molar-refractivity contribution in [2.24, 2.45) is 5.92 Å². The first-order valence-electron chi connectivity index (χ1n) is 7.76. The molecule has 25 heavy (non-hydrogen) atoms. The SMILES string of the molecule is CC(C)C(CO)Nc1nc(Nc2ccc(Cl)c(N)c2)c2n[nH]nc2n1. The first-order valence-corrected chi connectivity index (χ1v) is 8.13. The maximum atomic E-state index is 9.50. The molecule has 3 aromatic rings. The molecule has 9 nitrogen and oxygen atoms in total. The Morgan fingerprint density at radius 1 is 1.28 bits per heavy atom. The lowest BCUT2D eigenvalue weighted by Crippen LogP contribution is -2.30. The highest BCUT2D eigenvalue weighted by molar-refractivity contribution is 6.33. The maximum absolute atomic E-state index is 9.50. The summed E-state index contributed by atoms with van der Waals surface area (Å²) in [5.41, 5.74) is 7.89. The van der Waals surface area contributed by atoms with Crippen molar-refractivity contribution in [1.29, 1.82) is 0 Å². The van der Waals surface area contributed by atoms with Gasteiger partial charge in [0.05, 0.1) is 23.4 Å². The third-order valence-corrected chi connectivity index (χ3v) is 4.10. The number of hydrogen-bond acceptors (Lipinski definition) is 8. The monoisotopic (exact) mass is 362 g/mol. The quantitative estimate of drug-likeness (QED) is 0.420. The third kappa shape index (κ3) is 3.72. The summed E-state index contributed by atoms with van der Waals surface area (Å²) in [4.78, 5) is 8.77. The van der Waals surface area contributed by atoms with Crippen LogP contribution in [0.5, 0.6) is 0 Å². The molecular weight excluding hydrogens is 344 g/mol. The second-order valence-electron chi connectivity index (χ2n) is 5.93. The number of nitrogens with two attached hydrogens (primary N) is 1. The first-order chi connectivity index (χ1) is 12.0. The molecule has 1 atom stereocenters. The van der Waals surface area contributed by atoms with Crippen LogP contribution in [-0.4, -0.2) is 43.1 Å². The molecule has 6 N–H and O–H groups in total. The predicted molar refractivity (Wildman–Crippen MR) is 98.0 cm³/mol. The maximum Gasteiger partial charge on any atom is 0.227 e. The minimum atomic E-state index is -0.177. The van der Waals surface area contributed by atoms with Crippen LogP contribution in [0.4, 0.5) is 23.1 Å². The smallest absolute Gasteiger partial charge is 0.227 e. The van der Waals surface area contributed by atoms with Gasteiger partial charge < -0.3 is 21.5 Å². The van der Waals surface area contributed by atoms with Crippen molar-refractivity contribution >= 4 is 45.9 Å². The van der Waals surface area contributed by atoms with Gasteiger partial charge in [0.25, 0.3) is 0 Å². The number of aromatic nitrogens is 5. The molecule has 0 aliphatic rings. The van der Waals surface area contributed by atoms with Crippen molar-refractivity contribution in [3.05, 3.63) is 23.2 Å². The van der Waals surface area contributed by atoms with Crippen LogP contribution in [0.25, 0.3) is 11.2 Å². The van der Waals surface area contributed by atoms with Crippen molar-refractivity contribution in [3.63, 3.8) is 0 Å². The summed E-state index contributed by atoms with van der Waals surface area (Å²) in [6.45, 7) is 3.96. The molecular formula is C15H19ClN8O. The second-order valence-corrected chi connectivity index (χ2v) is 6.34. The van der Waals surface area contributed by atoms with Gasteiger partial charge in [-0.2, -0.15) is 20.3 Å². The summed E-state index contributed by atoms with van der Waals surface area (Å²) in [6, 6.07) is 5.00. The lowest BCUT2D eigenvalue weighted by molar-refractivity contribution is 0.248. The molecule has 0 saturated heterocycles. The van der Waals surface area contributed by atoms with Crippen LogP contribution in [0.1, 0.15) is 13.8 Å². The van der Waals surface area contributed by atoms with Crippen LogP contribution >= 0.6 is 11.6 Å². The standard InChI is InChI=1S/C15H19ClN8O/c1-7(2)11(6-25)19-15-20-13(12-14(21-15)23-24-22-12)18-8-3-4-9(16)10(17)5-8/h3-5,7,11,25H,6,17H2,1-2H3,(H3,18,19,20,21,22,23,24). The molecule has 3 rings (SSSR count). The Hall–Kier alpha value is -2.65. The van der Waals surface area contributed by atoms with Crippen LogP contribution < -0.4 is 16.4 Å². The van der Waals surface area contributed by atoms with E-state index < -0.39 is 0 Å². The van der Waals surface area contributed by atoms with Gasteiger partial charge in [0.2, 0.25) is 11.6 Å². The second kappa shape index (κ2) is 7.08. The van der Waals surface area contributed by atoms with Gasteiger partial charge in [0, 0.05) is 5.69 Å². The number of fused-ring (bicyclic) bond motifs is 1. The van der Waals surface area contributed by atoms with Gasteiger partial charge in [-0.25, -0.2) is 0 Å². The van der Waals surface area contributed by atoms with E-state index in [1.54, 1.807) is 18.2 Å². The van der Waals surface area contributed by atoms with Crippen LogP contribution in [0, 0.1) is 5.92 Å². The molecule has 1 aromatic carbocycles. The van der Waals surface area contributed by atoms with Gasteiger partial charge in [0.15, 0.2) is 11.3 Å². The molecule has 10 heteroatoms. The van der Waals surface area contributed by atoms with E-state index in [1.807, 2.05) is 13.8 Å². The van der Waals surface area contributed by atoms with Crippen LogP contribution in [-0.2, 0) is 0 Å². The van der Waals surface area contributed by atoms with Gasteiger partial charge in [-0.05, 0) is 24.1 Å². The number of halogens is 1. The number of nitrogens with one attached hydrogen (secondary N) is 3. The van der Waals surface area contributed by atoms with Crippen LogP contribution in [0.15, 0.2) is 18.2 Å². The number of hydrogen-bond donors (Lipinski definition) is 5. The Bertz CT molecular complexity index is 881. The molecule has 0 saturated carbocycles. The summed E-state index contributed by atoms with van der Waals surface area (Å²) < 4.78 is 0. The fourth-order valence-electron chi connectivity index (χ4n) is 2.25. The minimum Gasteiger partial charge on any atom is -0.397 e. The molecule has 0 amide bonds. The molecule has 132 valence electrons. The average Bonchev–Trinajstić information content (AvgIpc) is 3.04. The van der Waals surface area contributed by atoms with E-state index in [9.17, 15) is 5.11 Å². The largest absolute Gasteiger partial charge is 0.397 e. The molecule has 0 aliphatic heterocycles. The van der Waals surface area contributed by atoms with E-state index in [4.69, 9.17) is 17.3 Å². The van der Waals surface area contributed by atoms with E-state index in [1.165, 1.54) is 0 Å².